The molecule has 6 heteroatoms. The average Bonchev–Trinajstić information content (AvgIpc) is 2.60. The van der Waals surface area contributed by atoms with Gasteiger partial charge in [0.2, 0.25) is 0 Å². The fourth-order valence-electron chi connectivity index (χ4n) is 1.84. The van der Waals surface area contributed by atoms with E-state index in [9.17, 15) is 9.59 Å². The van der Waals surface area contributed by atoms with Gasteiger partial charge < -0.3 is 15.2 Å². The fraction of sp³-hybridized carbons (Fsp3) is 0.118. The summed E-state index contributed by atoms with van der Waals surface area (Å²) >= 11 is 0. The van der Waals surface area contributed by atoms with Crippen LogP contribution in [0.15, 0.2) is 48.5 Å². The van der Waals surface area contributed by atoms with Crippen molar-refractivity contribution in [2.45, 2.75) is 6.61 Å². The molecule has 23 heavy (non-hydrogen) atoms. The molecular weight excluding hydrogens is 296 g/mol. The first-order chi connectivity index (χ1) is 11.1. The summed E-state index contributed by atoms with van der Waals surface area (Å²) in [6, 6.07) is 14.7. The van der Waals surface area contributed by atoms with Crippen molar-refractivity contribution in [1.82, 2.24) is 0 Å². The van der Waals surface area contributed by atoms with Crippen molar-refractivity contribution in [3.63, 3.8) is 0 Å². The maximum atomic E-state index is 11.8. The van der Waals surface area contributed by atoms with Crippen LogP contribution in [0.5, 0.6) is 0 Å². The molecule has 0 fully saturated rings. The van der Waals surface area contributed by atoms with Crippen molar-refractivity contribution in [2.24, 2.45) is 0 Å². The van der Waals surface area contributed by atoms with Crippen LogP contribution in [0.1, 0.15) is 21.5 Å². The van der Waals surface area contributed by atoms with Crippen molar-refractivity contribution < 1.29 is 19.4 Å². The normalized spacial score (nSPS) is 9.74. The summed E-state index contributed by atoms with van der Waals surface area (Å²) in [5, 5.41) is 20.4. The van der Waals surface area contributed by atoms with Gasteiger partial charge in [-0.15, -0.1) is 0 Å². The van der Waals surface area contributed by atoms with Gasteiger partial charge >= 0.3 is 5.97 Å². The van der Waals surface area contributed by atoms with Gasteiger partial charge in [-0.1, -0.05) is 24.3 Å². The van der Waals surface area contributed by atoms with Gasteiger partial charge in [-0.25, -0.2) is 4.79 Å². The fourth-order valence-corrected chi connectivity index (χ4v) is 1.84. The predicted molar refractivity (Wildman–Crippen MR) is 82.4 cm³/mol. The molecule has 0 atom stereocenters. The monoisotopic (exact) mass is 310 g/mol. The van der Waals surface area contributed by atoms with Crippen molar-refractivity contribution in [3.05, 3.63) is 65.2 Å². The zero-order valence-corrected chi connectivity index (χ0v) is 12.2. The summed E-state index contributed by atoms with van der Waals surface area (Å²) in [7, 11) is 0. The number of nitrogens with one attached hydrogen (secondary N) is 1. The quantitative estimate of drug-likeness (QED) is 0.821. The molecule has 0 aliphatic heterocycles. The number of amides is 1. The zero-order chi connectivity index (χ0) is 16.7. The van der Waals surface area contributed by atoms with Crippen molar-refractivity contribution >= 4 is 17.6 Å². The molecule has 2 N–H and O–H groups in total. The molecule has 0 bridgehead atoms. The number of hydrogen-bond acceptors (Lipinski definition) is 5. The van der Waals surface area contributed by atoms with Gasteiger partial charge in [-0.2, -0.15) is 5.26 Å². The number of carbonyl (C=O) groups excluding carboxylic acids is 2. The summed E-state index contributed by atoms with van der Waals surface area (Å²) in [6.07, 6.45) is 0. The maximum Gasteiger partial charge on any atom is 0.338 e. The van der Waals surface area contributed by atoms with Crippen molar-refractivity contribution in [3.8, 4) is 6.07 Å². The zero-order valence-electron chi connectivity index (χ0n) is 12.2. The molecule has 116 valence electrons. The number of anilines is 1. The van der Waals surface area contributed by atoms with E-state index in [1.54, 1.807) is 36.4 Å². The van der Waals surface area contributed by atoms with Gasteiger partial charge in [-0.05, 0) is 29.8 Å². The third kappa shape index (κ3) is 4.40. The highest BCUT2D eigenvalue weighted by Crippen LogP contribution is 2.13. The molecule has 2 aromatic rings. The summed E-state index contributed by atoms with van der Waals surface area (Å²) < 4.78 is 4.91. The lowest BCUT2D eigenvalue weighted by Gasteiger charge is -2.08. The van der Waals surface area contributed by atoms with E-state index in [1.807, 2.05) is 6.07 Å². The predicted octanol–water partition coefficient (Wildman–Crippen LogP) is 1.85. The number of para-hydroxylation sites is 1. The van der Waals surface area contributed by atoms with Crippen LogP contribution in [0.4, 0.5) is 5.69 Å². The highest BCUT2D eigenvalue weighted by atomic mass is 16.5. The smallest absolute Gasteiger partial charge is 0.338 e. The molecule has 2 rings (SSSR count). The van der Waals surface area contributed by atoms with Crippen LogP contribution in [0.2, 0.25) is 0 Å². The third-order valence-corrected chi connectivity index (χ3v) is 3.03. The molecule has 0 saturated heterocycles. The van der Waals surface area contributed by atoms with Crippen LogP contribution in [0.25, 0.3) is 0 Å². The Morgan fingerprint density at radius 1 is 1.13 bits per heavy atom. The van der Waals surface area contributed by atoms with Gasteiger partial charge in [0.1, 0.15) is 6.07 Å². The van der Waals surface area contributed by atoms with Gasteiger partial charge in [0.25, 0.3) is 5.91 Å². The maximum absolute atomic E-state index is 11.8. The molecule has 2 aromatic carbocycles. The Kier molecular flexibility index (Phi) is 5.45. The number of hydrogen-bond donors (Lipinski definition) is 2. The molecule has 0 aromatic heterocycles. The Morgan fingerprint density at radius 2 is 1.83 bits per heavy atom. The van der Waals surface area contributed by atoms with Gasteiger partial charge in [-0.3, -0.25) is 4.79 Å². The first kappa shape index (κ1) is 16.2. The van der Waals surface area contributed by atoms with Crippen molar-refractivity contribution in [1.29, 1.82) is 5.26 Å². The standard InChI is InChI=1S/C17H14N2O4/c18-9-14-3-1-2-4-15(14)19-16(21)11-23-17(22)13-7-5-12(10-20)6-8-13/h1-8,20H,10-11H2,(H,19,21). The average molecular weight is 310 g/mol. The molecule has 1 amide bonds. The SMILES string of the molecule is N#Cc1ccccc1NC(=O)COC(=O)c1ccc(CO)cc1. The van der Waals surface area contributed by atoms with E-state index in [-0.39, 0.29) is 12.2 Å². The number of aliphatic hydroxyl groups excluding tert-OH is 1. The minimum Gasteiger partial charge on any atom is -0.452 e. The second kappa shape index (κ2) is 7.73. The van der Waals surface area contributed by atoms with Crippen LogP contribution in [0, 0.1) is 11.3 Å². The highest BCUT2D eigenvalue weighted by molar-refractivity contribution is 5.96. The lowest BCUT2D eigenvalue weighted by atomic mass is 10.1. The van der Waals surface area contributed by atoms with E-state index in [4.69, 9.17) is 15.1 Å². The topological polar surface area (TPSA) is 99.4 Å². The van der Waals surface area contributed by atoms with Crippen LogP contribution in [0.3, 0.4) is 0 Å². The molecular formula is C17H14N2O4. The highest BCUT2D eigenvalue weighted by Gasteiger charge is 2.11. The molecule has 0 radical (unpaired) electrons. The number of carbonyl (C=O) groups is 2. The van der Waals surface area contributed by atoms with Gasteiger partial charge in [0.15, 0.2) is 6.61 Å². The first-order valence-corrected chi connectivity index (χ1v) is 6.80. The van der Waals surface area contributed by atoms with E-state index >= 15 is 0 Å². The second-order valence-electron chi connectivity index (χ2n) is 4.64. The molecule has 0 heterocycles. The lowest BCUT2D eigenvalue weighted by Crippen LogP contribution is -2.21. The summed E-state index contributed by atoms with van der Waals surface area (Å²) in [5.41, 5.74) is 1.65. The Morgan fingerprint density at radius 3 is 2.48 bits per heavy atom. The van der Waals surface area contributed by atoms with Crippen LogP contribution < -0.4 is 5.32 Å². The molecule has 0 unspecified atom stereocenters. The van der Waals surface area contributed by atoms with Crippen LogP contribution in [-0.4, -0.2) is 23.6 Å². The molecule has 6 nitrogen and oxygen atoms in total. The second-order valence-corrected chi connectivity index (χ2v) is 4.64. The Hall–Kier alpha value is -3.17. The number of aliphatic hydroxyl groups is 1. The lowest BCUT2D eigenvalue weighted by molar-refractivity contribution is -0.119. The Bertz CT molecular complexity index is 748. The van der Waals surface area contributed by atoms with E-state index in [0.29, 0.717) is 16.8 Å². The number of esters is 1. The Balaban J connectivity index is 1.91. The Labute approximate surface area is 132 Å². The number of rotatable bonds is 5. The van der Waals surface area contributed by atoms with Crippen molar-refractivity contribution in [2.75, 3.05) is 11.9 Å². The minimum atomic E-state index is -0.641. The molecule has 0 aliphatic rings. The van der Waals surface area contributed by atoms with Gasteiger partial charge in [0, 0.05) is 0 Å². The van der Waals surface area contributed by atoms with E-state index in [0.717, 1.165) is 0 Å². The molecule has 0 spiro atoms. The van der Waals surface area contributed by atoms with E-state index in [2.05, 4.69) is 5.32 Å². The van der Waals surface area contributed by atoms with E-state index in [1.165, 1.54) is 12.1 Å². The number of nitriles is 1. The molecule has 0 aliphatic carbocycles. The largest absolute Gasteiger partial charge is 0.452 e. The molecule has 0 saturated carbocycles. The first-order valence-electron chi connectivity index (χ1n) is 6.80. The third-order valence-electron chi connectivity index (χ3n) is 3.03. The number of ether oxygens (including phenoxy) is 1. The van der Waals surface area contributed by atoms with Gasteiger partial charge in [0.05, 0.1) is 23.4 Å². The van der Waals surface area contributed by atoms with Crippen LogP contribution in [-0.2, 0) is 16.1 Å². The summed E-state index contributed by atoms with van der Waals surface area (Å²) in [5.74, 6) is -1.17. The summed E-state index contributed by atoms with van der Waals surface area (Å²) in [4.78, 5) is 23.6. The van der Waals surface area contributed by atoms with E-state index < -0.39 is 18.5 Å². The number of benzene rings is 2. The van der Waals surface area contributed by atoms with Crippen LogP contribution >= 0.6 is 0 Å². The summed E-state index contributed by atoms with van der Waals surface area (Å²) in [6.45, 7) is -0.573. The number of nitrogens with zero attached hydrogens (tertiary/aromatic N) is 1. The minimum absolute atomic E-state index is 0.115.